The van der Waals surface area contributed by atoms with E-state index in [1.807, 2.05) is 0 Å². The molecule has 0 aliphatic carbocycles. The van der Waals surface area contributed by atoms with Crippen molar-refractivity contribution >= 4 is 5.97 Å². The Morgan fingerprint density at radius 3 is 2.07 bits per heavy atom. The van der Waals surface area contributed by atoms with Crippen LogP contribution >= 0.6 is 0 Å². The number of carbonyl (C=O) groups excluding carboxylic acids is 1. The van der Waals surface area contributed by atoms with Crippen LogP contribution in [0.1, 0.15) is 64.7 Å². The first-order chi connectivity index (χ1) is 7.27. The number of hydrogen-bond acceptors (Lipinski definition) is 2. The summed E-state index contributed by atoms with van der Waals surface area (Å²) < 4.78 is 0. The third-order valence-corrected chi connectivity index (χ3v) is 2.48. The standard InChI is InChI=1S/C13H24O2/c1-2-3-4-5-6-7-8-9-10-11-12-13(14)15/h11-12H,2-10H2,1H3,(H,14,15)/p-1/b12-11+. The third kappa shape index (κ3) is 13.2. The average Bonchev–Trinajstić information content (AvgIpc) is 2.20. The Hall–Kier alpha value is -0.790. The lowest BCUT2D eigenvalue weighted by molar-refractivity contribution is -0.297. The molecular weight excluding hydrogens is 188 g/mol. The molecule has 0 radical (unpaired) electrons. The van der Waals surface area contributed by atoms with Crippen LogP contribution < -0.4 is 5.11 Å². The second-order valence-corrected chi connectivity index (χ2v) is 3.98. The number of aliphatic carboxylic acids is 1. The number of carboxylic acids is 1. The van der Waals surface area contributed by atoms with Gasteiger partial charge in [0.05, 0.1) is 5.97 Å². The first-order valence-electron chi connectivity index (χ1n) is 6.15. The molecule has 0 bridgehead atoms. The van der Waals surface area contributed by atoms with E-state index in [-0.39, 0.29) is 0 Å². The maximum atomic E-state index is 10.0. The minimum Gasteiger partial charge on any atom is -0.545 e. The van der Waals surface area contributed by atoms with Crippen molar-refractivity contribution in [3.05, 3.63) is 12.2 Å². The van der Waals surface area contributed by atoms with E-state index in [4.69, 9.17) is 0 Å². The van der Waals surface area contributed by atoms with Crippen LogP contribution in [0.25, 0.3) is 0 Å². The largest absolute Gasteiger partial charge is 0.545 e. The highest BCUT2D eigenvalue weighted by Gasteiger charge is 1.90. The molecule has 0 aliphatic rings. The second-order valence-electron chi connectivity index (χ2n) is 3.98. The van der Waals surface area contributed by atoms with E-state index in [0.717, 1.165) is 18.9 Å². The van der Waals surface area contributed by atoms with Gasteiger partial charge in [-0.2, -0.15) is 0 Å². The number of carboxylic acid groups (broad SMARTS) is 1. The number of carbonyl (C=O) groups is 1. The highest BCUT2D eigenvalue weighted by molar-refractivity contribution is 5.77. The normalized spacial score (nSPS) is 11.0. The van der Waals surface area contributed by atoms with E-state index in [9.17, 15) is 9.90 Å². The molecule has 0 aliphatic heterocycles. The van der Waals surface area contributed by atoms with Crippen LogP contribution in [0.15, 0.2) is 12.2 Å². The smallest absolute Gasteiger partial charge is 0.0639 e. The van der Waals surface area contributed by atoms with Crippen LogP contribution in [-0.2, 0) is 4.79 Å². The predicted molar refractivity (Wildman–Crippen MR) is 61.4 cm³/mol. The van der Waals surface area contributed by atoms with Crippen molar-refractivity contribution in [2.45, 2.75) is 64.7 Å². The molecule has 88 valence electrons. The molecule has 0 saturated heterocycles. The second kappa shape index (κ2) is 11.3. The fourth-order valence-electron chi connectivity index (χ4n) is 1.58. The van der Waals surface area contributed by atoms with Gasteiger partial charge in [-0.1, -0.05) is 57.9 Å². The van der Waals surface area contributed by atoms with Gasteiger partial charge in [0.25, 0.3) is 0 Å². The monoisotopic (exact) mass is 211 g/mol. The van der Waals surface area contributed by atoms with Gasteiger partial charge in [0.15, 0.2) is 0 Å². The van der Waals surface area contributed by atoms with E-state index in [0.29, 0.717) is 0 Å². The van der Waals surface area contributed by atoms with Crippen molar-refractivity contribution in [2.75, 3.05) is 0 Å². The van der Waals surface area contributed by atoms with Crippen molar-refractivity contribution in [3.63, 3.8) is 0 Å². The fraction of sp³-hybridized carbons (Fsp3) is 0.769. The van der Waals surface area contributed by atoms with Gasteiger partial charge in [0.1, 0.15) is 0 Å². The summed E-state index contributed by atoms with van der Waals surface area (Å²) in [5.74, 6) is -1.09. The molecule has 0 saturated carbocycles. The van der Waals surface area contributed by atoms with Gasteiger partial charge in [-0.25, -0.2) is 0 Å². The Labute approximate surface area is 93.4 Å². The molecule has 0 aromatic heterocycles. The highest BCUT2D eigenvalue weighted by atomic mass is 16.4. The molecule has 0 aromatic rings. The minimum absolute atomic E-state index is 0.864. The lowest BCUT2D eigenvalue weighted by atomic mass is 10.1. The van der Waals surface area contributed by atoms with Crippen LogP contribution in [0.5, 0.6) is 0 Å². The number of hydrogen-bond donors (Lipinski definition) is 0. The molecule has 2 nitrogen and oxygen atoms in total. The molecule has 0 fully saturated rings. The summed E-state index contributed by atoms with van der Waals surface area (Å²) in [5.41, 5.74) is 0. The molecule has 2 heteroatoms. The first-order valence-corrected chi connectivity index (χ1v) is 6.15. The van der Waals surface area contributed by atoms with Crippen LogP contribution in [0.2, 0.25) is 0 Å². The van der Waals surface area contributed by atoms with Crippen molar-refractivity contribution in [3.8, 4) is 0 Å². The molecule has 15 heavy (non-hydrogen) atoms. The zero-order valence-corrected chi connectivity index (χ0v) is 9.84. The molecule has 0 rings (SSSR count). The molecule has 0 amide bonds. The Morgan fingerprint density at radius 1 is 1.00 bits per heavy atom. The number of allylic oxidation sites excluding steroid dienone is 1. The van der Waals surface area contributed by atoms with E-state index in [2.05, 4.69) is 6.92 Å². The Kier molecular flexibility index (Phi) is 10.7. The zero-order chi connectivity index (χ0) is 11.4. The quantitative estimate of drug-likeness (QED) is 0.412. The summed E-state index contributed by atoms with van der Waals surface area (Å²) in [7, 11) is 0. The van der Waals surface area contributed by atoms with Crippen molar-refractivity contribution in [2.24, 2.45) is 0 Å². The first kappa shape index (κ1) is 14.2. The highest BCUT2D eigenvalue weighted by Crippen LogP contribution is 2.09. The van der Waals surface area contributed by atoms with Crippen molar-refractivity contribution in [1.82, 2.24) is 0 Å². The van der Waals surface area contributed by atoms with Crippen LogP contribution in [0.3, 0.4) is 0 Å². The number of rotatable bonds is 10. The summed E-state index contributed by atoms with van der Waals surface area (Å²) in [6.07, 6.45) is 14.0. The van der Waals surface area contributed by atoms with E-state index < -0.39 is 5.97 Å². The summed E-state index contributed by atoms with van der Waals surface area (Å²) in [4.78, 5) is 10.0. The third-order valence-electron chi connectivity index (χ3n) is 2.48. The summed E-state index contributed by atoms with van der Waals surface area (Å²) in [6, 6.07) is 0. The van der Waals surface area contributed by atoms with Gasteiger partial charge in [0.2, 0.25) is 0 Å². The molecule has 0 aromatic carbocycles. The number of unbranched alkanes of at least 4 members (excludes halogenated alkanes) is 8. The Morgan fingerprint density at radius 2 is 1.53 bits per heavy atom. The van der Waals surface area contributed by atoms with Gasteiger partial charge >= 0.3 is 0 Å². The van der Waals surface area contributed by atoms with Gasteiger partial charge in [-0.05, 0) is 18.9 Å². The molecule has 0 atom stereocenters. The van der Waals surface area contributed by atoms with Gasteiger partial charge in [0, 0.05) is 0 Å². The van der Waals surface area contributed by atoms with Crippen LogP contribution in [-0.4, -0.2) is 5.97 Å². The predicted octanol–water partition coefficient (Wildman–Crippen LogP) is 2.82. The van der Waals surface area contributed by atoms with Crippen LogP contribution in [0.4, 0.5) is 0 Å². The fourth-order valence-corrected chi connectivity index (χ4v) is 1.58. The maximum Gasteiger partial charge on any atom is 0.0639 e. The zero-order valence-electron chi connectivity index (χ0n) is 9.84. The molecular formula is C13H23O2-. The van der Waals surface area contributed by atoms with Gasteiger partial charge in [-0.15, -0.1) is 0 Å². The van der Waals surface area contributed by atoms with E-state index in [1.54, 1.807) is 6.08 Å². The van der Waals surface area contributed by atoms with Crippen molar-refractivity contribution in [1.29, 1.82) is 0 Å². The molecule has 0 unspecified atom stereocenters. The Bertz CT molecular complexity index is 173. The average molecular weight is 211 g/mol. The van der Waals surface area contributed by atoms with E-state index >= 15 is 0 Å². The summed E-state index contributed by atoms with van der Waals surface area (Å²) >= 11 is 0. The van der Waals surface area contributed by atoms with Crippen molar-refractivity contribution < 1.29 is 9.90 Å². The van der Waals surface area contributed by atoms with Gasteiger partial charge in [-0.3, -0.25) is 0 Å². The molecule has 0 heterocycles. The lowest BCUT2D eigenvalue weighted by Gasteiger charge is -1.99. The topological polar surface area (TPSA) is 40.1 Å². The summed E-state index contributed by atoms with van der Waals surface area (Å²) in [5, 5.41) is 10.0. The Balaban J connectivity index is 3.02. The molecule has 0 N–H and O–H groups in total. The lowest BCUT2D eigenvalue weighted by Crippen LogP contribution is -2.18. The molecule has 0 spiro atoms. The maximum absolute atomic E-state index is 10.0. The van der Waals surface area contributed by atoms with E-state index in [1.165, 1.54) is 44.9 Å². The minimum atomic E-state index is -1.09. The van der Waals surface area contributed by atoms with Crippen LogP contribution in [0, 0.1) is 0 Å². The summed E-state index contributed by atoms with van der Waals surface area (Å²) in [6.45, 7) is 2.23. The van der Waals surface area contributed by atoms with Gasteiger partial charge < -0.3 is 9.90 Å². The SMILES string of the molecule is CCCCCCCCCC/C=C/C(=O)[O-].